The third kappa shape index (κ3) is 3.65. The first-order chi connectivity index (χ1) is 8.04. The van der Waals surface area contributed by atoms with Crippen molar-refractivity contribution in [3.05, 3.63) is 35.4 Å². The number of hydrogen-bond acceptors (Lipinski definition) is 4. The molecule has 4 nitrogen and oxygen atoms in total. The summed E-state index contributed by atoms with van der Waals surface area (Å²) in [6, 6.07) is 8.21. The number of ether oxygens (including phenoxy) is 1. The van der Waals surface area contributed by atoms with Crippen LogP contribution in [0, 0.1) is 11.3 Å². The van der Waals surface area contributed by atoms with Crippen LogP contribution in [0.5, 0.6) is 5.75 Å². The van der Waals surface area contributed by atoms with E-state index in [1.165, 1.54) is 12.1 Å². The Labute approximate surface area is 99.8 Å². The molecule has 0 bridgehead atoms. The van der Waals surface area contributed by atoms with Gasteiger partial charge in [-0.3, -0.25) is 0 Å². The van der Waals surface area contributed by atoms with Gasteiger partial charge in [0.05, 0.1) is 6.10 Å². The summed E-state index contributed by atoms with van der Waals surface area (Å²) in [4.78, 5) is 11.5. The van der Waals surface area contributed by atoms with Crippen LogP contribution in [0.4, 0.5) is 0 Å². The van der Waals surface area contributed by atoms with Crippen LogP contribution in [0.2, 0.25) is 0 Å². The van der Waals surface area contributed by atoms with E-state index in [4.69, 9.17) is 10.00 Å². The molecule has 1 rings (SSSR count). The Balaban J connectivity index is 3.00. The summed E-state index contributed by atoms with van der Waals surface area (Å²) in [5, 5.41) is 18.4. The second-order valence-corrected chi connectivity index (χ2v) is 3.68. The largest absolute Gasteiger partial charge is 0.507 e. The lowest BCUT2D eigenvalue weighted by molar-refractivity contribution is -0.142. The molecule has 0 aromatic heterocycles. The maximum absolute atomic E-state index is 11.5. The fourth-order valence-electron chi connectivity index (χ4n) is 1.18. The maximum atomic E-state index is 11.5. The van der Waals surface area contributed by atoms with Gasteiger partial charge >= 0.3 is 5.97 Å². The summed E-state index contributed by atoms with van der Waals surface area (Å²) in [6.07, 6.45) is 1.02. The van der Waals surface area contributed by atoms with Gasteiger partial charge in [-0.25, -0.2) is 4.79 Å². The predicted octanol–water partition coefficient (Wildman–Crippen LogP) is 2.25. The highest BCUT2D eigenvalue weighted by atomic mass is 16.5. The topological polar surface area (TPSA) is 70.3 Å². The van der Waals surface area contributed by atoms with Gasteiger partial charge in [0.15, 0.2) is 0 Å². The van der Waals surface area contributed by atoms with Crippen molar-refractivity contribution >= 4 is 12.0 Å². The zero-order valence-corrected chi connectivity index (χ0v) is 9.68. The summed E-state index contributed by atoms with van der Waals surface area (Å²) in [7, 11) is 0. The van der Waals surface area contributed by atoms with Crippen LogP contribution < -0.4 is 0 Å². The molecule has 0 saturated heterocycles. The molecule has 0 spiro atoms. The van der Waals surface area contributed by atoms with Gasteiger partial charge in [0.25, 0.3) is 0 Å². The molecule has 0 radical (unpaired) electrons. The minimum absolute atomic E-state index is 0.0117. The van der Waals surface area contributed by atoms with E-state index in [0.29, 0.717) is 5.56 Å². The normalized spacial score (nSPS) is 11.1. The van der Waals surface area contributed by atoms with Gasteiger partial charge in [0.1, 0.15) is 17.4 Å². The smallest absolute Gasteiger partial charge is 0.349 e. The fraction of sp³-hybridized carbons (Fsp3) is 0.231. The van der Waals surface area contributed by atoms with E-state index in [2.05, 4.69) is 0 Å². The number of carbonyl (C=O) groups excluding carboxylic acids is 1. The molecule has 4 heteroatoms. The maximum Gasteiger partial charge on any atom is 0.349 e. The molecule has 0 aliphatic rings. The number of phenols is 1. The molecular formula is C13H13NO3. The van der Waals surface area contributed by atoms with Crippen molar-refractivity contribution in [3.8, 4) is 11.8 Å². The highest BCUT2D eigenvalue weighted by molar-refractivity contribution is 5.98. The van der Waals surface area contributed by atoms with Crippen LogP contribution in [-0.2, 0) is 9.53 Å². The van der Waals surface area contributed by atoms with Gasteiger partial charge in [-0.2, -0.15) is 5.26 Å². The summed E-state index contributed by atoms with van der Waals surface area (Å²) in [5.41, 5.74) is 0.268. The lowest BCUT2D eigenvalue weighted by Gasteiger charge is -2.06. The van der Waals surface area contributed by atoms with Crippen molar-refractivity contribution < 1.29 is 14.6 Å². The second kappa shape index (κ2) is 5.71. The van der Waals surface area contributed by atoms with Crippen LogP contribution in [0.25, 0.3) is 6.08 Å². The molecule has 0 aliphatic heterocycles. The number of aromatic hydroxyl groups is 1. The first-order valence-electron chi connectivity index (χ1n) is 5.15. The number of nitriles is 1. The van der Waals surface area contributed by atoms with Gasteiger partial charge in [-0.15, -0.1) is 0 Å². The Hall–Kier alpha value is -2.28. The summed E-state index contributed by atoms with van der Waals surface area (Å²) in [6.45, 7) is 3.40. The van der Waals surface area contributed by atoms with Gasteiger partial charge in [-0.1, -0.05) is 18.2 Å². The predicted molar refractivity (Wildman–Crippen MR) is 62.9 cm³/mol. The minimum Gasteiger partial charge on any atom is -0.507 e. The number of hydrogen-bond donors (Lipinski definition) is 1. The lowest BCUT2D eigenvalue weighted by Crippen LogP contribution is -2.12. The van der Waals surface area contributed by atoms with E-state index >= 15 is 0 Å². The third-order valence-corrected chi connectivity index (χ3v) is 1.92. The standard InChI is InChI=1S/C13H13NO3/c1-9(2)17-13(16)11(8-14)7-10-5-3-4-6-12(10)15/h3-7,9,15H,1-2H3. The fourth-order valence-corrected chi connectivity index (χ4v) is 1.18. The van der Waals surface area contributed by atoms with Gasteiger partial charge < -0.3 is 9.84 Å². The molecule has 88 valence electrons. The molecule has 1 aromatic rings. The van der Waals surface area contributed by atoms with E-state index in [-0.39, 0.29) is 17.4 Å². The molecule has 0 fully saturated rings. The number of phenolic OH excluding ortho intramolecular Hbond substituents is 1. The molecule has 0 atom stereocenters. The van der Waals surface area contributed by atoms with Crippen LogP contribution in [-0.4, -0.2) is 17.2 Å². The number of rotatable bonds is 3. The molecule has 0 saturated carbocycles. The number of nitrogens with zero attached hydrogens (tertiary/aromatic N) is 1. The molecule has 0 heterocycles. The van der Waals surface area contributed by atoms with Crippen LogP contribution >= 0.6 is 0 Å². The number of carbonyl (C=O) groups is 1. The Morgan fingerprint density at radius 2 is 2.12 bits per heavy atom. The van der Waals surface area contributed by atoms with Crippen molar-refractivity contribution in [2.45, 2.75) is 20.0 Å². The summed E-state index contributed by atoms with van der Waals surface area (Å²) >= 11 is 0. The van der Waals surface area contributed by atoms with Crippen LogP contribution in [0.15, 0.2) is 29.8 Å². The van der Waals surface area contributed by atoms with Gasteiger partial charge in [-0.05, 0) is 26.0 Å². The molecule has 0 amide bonds. The first-order valence-corrected chi connectivity index (χ1v) is 5.15. The molecular weight excluding hydrogens is 218 g/mol. The van der Waals surface area contributed by atoms with E-state index < -0.39 is 5.97 Å². The highest BCUT2D eigenvalue weighted by Crippen LogP contribution is 2.19. The Morgan fingerprint density at radius 1 is 1.47 bits per heavy atom. The van der Waals surface area contributed by atoms with E-state index in [1.807, 2.05) is 0 Å². The second-order valence-electron chi connectivity index (χ2n) is 3.68. The molecule has 1 aromatic carbocycles. The van der Waals surface area contributed by atoms with Crippen molar-refractivity contribution in [3.63, 3.8) is 0 Å². The van der Waals surface area contributed by atoms with Gasteiger partial charge in [0, 0.05) is 5.56 Å². The number of para-hydroxylation sites is 1. The number of esters is 1. The van der Waals surface area contributed by atoms with Crippen molar-refractivity contribution in [1.29, 1.82) is 5.26 Å². The lowest BCUT2D eigenvalue weighted by atomic mass is 10.1. The van der Waals surface area contributed by atoms with Crippen LogP contribution in [0.3, 0.4) is 0 Å². The summed E-state index contributed by atoms with van der Waals surface area (Å²) < 4.78 is 4.90. The van der Waals surface area contributed by atoms with E-state index in [0.717, 1.165) is 0 Å². The average molecular weight is 231 g/mol. The van der Waals surface area contributed by atoms with Crippen molar-refractivity contribution in [2.75, 3.05) is 0 Å². The monoisotopic (exact) mass is 231 g/mol. The molecule has 1 N–H and O–H groups in total. The third-order valence-electron chi connectivity index (χ3n) is 1.92. The van der Waals surface area contributed by atoms with Crippen LogP contribution in [0.1, 0.15) is 19.4 Å². The van der Waals surface area contributed by atoms with Crippen molar-refractivity contribution in [1.82, 2.24) is 0 Å². The first kappa shape index (κ1) is 12.8. The molecule has 17 heavy (non-hydrogen) atoms. The zero-order valence-electron chi connectivity index (χ0n) is 9.68. The average Bonchev–Trinajstić information content (AvgIpc) is 2.27. The SMILES string of the molecule is CC(C)OC(=O)C(C#N)=Cc1ccccc1O. The van der Waals surface area contributed by atoms with Crippen molar-refractivity contribution in [2.24, 2.45) is 0 Å². The highest BCUT2D eigenvalue weighted by Gasteiger charge is 2.12. The molecule has 0 unspecified atom stereocenters. The van der Waals surface area contributed by atoms with E-state index in [9.17, 15) is 9.90 Å². The minimum atomic E-state index is -0.689. The van der Waals surface area contributed by atoms with Gasteiger partial charge in [0.2, 0.25) is 0 Å². The zero-order chi connectivity index (χ0) is 12.8. The Kier molecular flexibility index (Phi) is 4.29. The quantitative estimate of drug-likeness (QED) is 0.492. The summed E-state index contributed by atoms with van der Waals surface area (Å²) in [5.74, 6) is -0.677. The molecule has 0 aliphatic carbocycles. The Morgan fingerprint density at radius 3 is 2.65 bits per heavy atom. The number of benzene rings is 1. The Bertz CT molecular complexity index is 484. The van der Waals surface area contributed by atoms with E-state index in [1.54, 1.807) is 38.1 Å².